The van der Waals surface area contributed by atoms with Gasteiger partial charge in [0.15, 0.2) is 0 Å². The Balaban J connectivity index is 1.53. The van der Waals surface area contributed by atoms with E-state index in [4.69, 9.17) is 4.42 Å². The van der Waals surface area contributed by atoms with Crippen LogP contribution in [-0.4, -0.2) is 34.4 Å². The van der Waals surface area contributed by atoms with E-state index in [0.717, 1.165) is 23.3 Å². The lowest BCUT2D eigenvalue weighted by atomic mass is 10.1. The van der Waals surface area contributed by atoms with E-state index in [1.165, 1.54) is 22.5 Å². The molecule has 1 aliphatic heterocycles. The molecular formula is C22H19FN4O3S. The number of pyridine rings is 1. The van der Waals surface area contributed by atoms with E-state index < -0.39 is 21.9 Å². The summed E-state index contributed by atoms with van der Waals surface area (Å²) < 4.78 is 47.4. The average Bonchev–Trinajstić information content (AvgIpc) is 3.29. The summed E-state index contributed by atoms with van der Waals surface area (Å²) in [4.78, 5) is 4.30. The summed E-state index contributed by atoms with van der Waals surface area (Å²) in [5.41, 5.74) is 0.548. The van der Waals surface area contributed by atoms with Crippen LogP contribution in [0.25, 0.3) is 22.4 Å². The standard InChI is InChI=1S/C22H19FN4O3S/c23-16-7-5-8-17(14-16)31(28,29)27-13-4-3-10-19(27)21-25-26-22(30-21)20-18-9-2-1-6-15(18)11-12-24-20/h1-2,5-9,11-12,14,19H,3-4,10,13H2/t19-/m0/s1. The molecule has 3 heterocycles. The highest BCUT2D eigenvalue weighted by atomic mass is 32.2. The van der Waals surface area contributed by atoms with Gasteiger partial charge in [-0.25, -0.2) is 12.8 Å². The Kier molecular flexibility index (Phi) is 4.99. The Bertz CT molecular complexity index is 1350. The van der Waals surface area contributed by atoms with Gasteiger partial charge in [-0.1, -0.05) is 36.8 Å². The van der Waals surface area contributed by atoms with Gasteiger partial charge in [-0.3, -0.25) is 4.98 Å². The largest absolute Gasteiger partial charge is 0.417 e. The van der Waals surface area contributed by atoms with E-state index in [9.17, 15) is 12.8 Å². The maximum Gasteiger partial charge on any atom is 0.266 e. The third-order valence-electron chi connectivity index (χ3n) is 5.46. The molecule has 0 unspecified atom stereocenters. The first-order valence-corrected chi connectivity index (χ1v) is 11.4. The highest BCUT2D eigenvalue weighted by Gasteiger charge is 2.37. The summed E-state index contributed by atoms with van der Waals surface area (Å²) in [5.74, 6) is -0.151. The van der Waals surface area contributed by atoms with Crippen molar-refractivity contribution in [2.75, 3.05) is 6.54 Å². The maximum atomic E-state index is 13.7. The van der Waals surface area contributed by atoms with Crippen molar-refractivity contribution in [1.29, 1.82) is 0 Å². The molecule has 0 radical (unpaired) electrons. The zero-order valence-corrected chi connectivity index (χ0v) is 17.3. The minimum Gasteiger partial charge on any atom is -0.417 e. The first kappa shape index (κ1) is 19.8. The van der Waals surface area contributed by atoms with Gasteiger partial charge in [0, 0.05) is 18.1 Å². The van der Waals surface area contributed by atoms with E-state index in [-0.39, 0.29) is 16.7 Å². The molecule has 158 valence electrons. The van der Waals surface area contributed by atoms with Gasteiger partial charge in [0.2, 0.25) is 15.9 Å². The minimum absolute atomic E-state index is 0.0881. The van der Waals surface area contributed by atoms with E-state index in [1.807, 2.05) is 30.3 Å². The molecule has 1 atom stereocenters. The van der Waals surface area contributed by atoms with E-state index >= 15 is 0 Å². The molecule has 9 heteroatoms. The van der Waals surface area contributed by atoms with Crippen molar-refractivity contribution in [2.45, 2.75) is 30.2 Å². The molecule has 7 nitrogen and oxygen atoms in total. The Morgan fingerprint density at radius 3 is 2.77 bits per heavy atom. The zero-order chi connectivity index (χ0) is 21.4. The summed E-state index contributed by atoms with van der Waals surface area (Å²) >= 11 is 0. The Morgan fingerprint density at radius 1 is 1.03 bits per heavy atom. The van der Waals surface area contributed by atoms with E-state index in [0.29, 0.717) is 25.1 Å². The SMILES string of the molecule is O=S(=O)(c1cccc(F)c1)N1CCCC[C@H]1c1nnc(-c2nccc3ccccc23)o1. The zero-order valence-electron chi connectivity index (χ0n) is 16.5. The van der Waals surface area contributed by atoms with Crippen LogP contribution in [0.5, 0.6) is 0 Å². The van der Waals surface area contributed by atoms with Gasteiger partial charge < -0.3 is 4.42 Å². The molecule has 4 aromatic rings. The molecule has 0 amide bonds. The Hall–Kier alpha value is -3.17. The molecule has 1 aliphatic rings. The highest BCUT2D eigenvalue weighted by Crippen LogP contribution is 2.36. The molecule has 2 aromatic carbocycles. The predicted octanol–water partition coefficient (Wildman–Crippen LogP) is 4.34. The number of hydrogen-bond acceptors (Lipinski definition) is 6. The maximum absolute atomic E-state index is 13.7. The molecule has 0 saturated carbocycles. The van der Waals surface area contributed by atoms with Gasteiger partial charge >= 0.3 is 0 Å². The topological polar surface area (TPSA) is 89.2 Å². The van der Waals surface area contributed by atoms with E-state index in [1.54, 1.807) is 6.20 Å². The second-order valence-corrected chi connectivity index (χ2v) is 9.30. The summed E-state index contributed by atoms with van der Waals surface area (Å²) in [6, 6.07) is 14.0. The van der Waals surface area contributed by atoms with Crippen LogP contribution in [0.15, 0.2) is 70.1 Å². The number of hydrogen-bond donors (Lipinski definition) is 0. The van der Waals surface area contributed by atoms with Crippen LogP contribution in [0, 0.1) is 5.82 Å². The third-order valence-corrected chi connectivity index (χ3v) is 7.36. The quantitative estimate of drug-likeness (QED) is 0.471. The molecule has 2 aromatic heterocycles. The van der Waals surface area contributed by atoms with Gasteiger partial charge in [-0.2, -0.15) is 4.31 Å². The lowest BCUT2D eigenvalue weighted by Crippen LogP contribution is -2.38. The number of fused-ring (bicyclic) bond motifs is 1. The van der Waals surface area contributed by atoms with Gasteiger partial charge in [0.05, 0.1) is 4.90 Å². The van der Waals surface area contributed by atoms with Crippen LogP contribution < -0.4 is 0 Å². The number of sulfonamides is 1. The first-order valence-electron chi connectivity index (χ1n) is 9.99. The number of piperidine rings is 1. The Morgan fingerprint density at radius 2 is 1.90 bits per heavy atom. The van der Waals surface area contributed by atoms with Crippen LogP contribution in [0.2, 0.25) is 0 Å². The van der Waals surface area contributed by atoms with Gasteiger partial charge in [0.25, 0.3) is 5.89 Å². The van der Waals surface area contributed by atoms with Crippen molar-refractivity contribution < 1.29 is 17.2 Å². The molecule has 0 bridgehead atoms. The van der Waals surface area contributed by atoms with Crippen LogP contribution in [0.3, 0.4) is 0 Å². The summed E-state index contributed by atoms with van der Waals surface area (Å²) in [6.07, 6.45) is 3.74. The van der Waals surface area contributed by atoms with Gasteiger partial charge in [-0.05, 0) is 42.5 Å². The Labute approximate surface area is 178 Å². The molecule has 1 saturated heterocycles. The highest BCUT2D eigenvalue weighted by molar-refractivity contribution is 7.89. The lowest BCUT2D eigenvalue weighted by Gasteiger charge is -2.32. The molecule has 0 N–H and O–H groups in total. The van der Waals surface area contributed by atoms with Crippen molar-refractivity contribution in [3.8, 4) is 11.6 Å². The molecule has 5 rings (SSSR count). The first-order chi connectivity index (χ1) is 15.0. The normalized spacial score (nSPS) is 17.8. The fourth-order valence-electron chi connectivity index (χ4n) is 3.96. The third kappa shape index (κ3) is 3.60. The molecule has 0 aliphatic carbocycles. The van der Waals surface area contributed by atoms with Crippen molar-refractivity contribution >= 4 is 20.8 Å². The van der Waals surface area contributed by atoms with E-state index in [2.05, 4.69) is 15.2 Å². The van der Waals surface area contributed by atoms with Crippen LogP contribution >= 0.6 is 0 Å². The van der Waals surface area contributed by atoms with Crippen molar-refractivity contribution in [2.24, 2.45) is 0 Å². The van der Waals surface area contributed by atoms with Crippen molar-refractivity contribution in [1.82, 2.24) is 19.5 Å². The average molecular weight is 438 g/mol. The molecular weight excluding hydrogens is 419 g/mol. The van der Waals surface area contributed by atoms with Gasteiger partial charge in [-0.15, -0.1) is 10.2 Å². The number of rotatable bonds is 4. The van der Waals surface area contributed by atoms with Gasteiger partial charge in [0.1, 0.15) is 17.6 Å². The number of benzene rings is 2. The van der Waals surface area contributed by atoms with Crippen LogP contribution in [-0.2, 0) is 10.0 Å². The fourth-order valence-corrected chi connectivity index (χ4v) is 5.64. The predicted molar refractivity (Wildman–Crippen MR) is 112 cm³/mol. The number of halogens is 1. The lowest BCUT2D eigenvalue weighted by molar-refractivity contribution is 0.220. The monoisotopic (exact) mass is 438 g/mol. The van der Waals surface area contributed by atoms with Crippen molar-refractivity contribution in [3.05, 3.63) is 72.5 Å². The number of nitrogens with zero attached hydrogens (tertiary/aromatic N) is 4. The number of aromatic nitrogens is 3. The molecule has 0 spiro atoms. The fraction of sp³-hybridized carbons (Fsp3) is 0.227. The smallest absolute Gasteiger partial charge is 0.266 e. The summed E-state index contributed by atoms with van der Waals surface area (Å²) in [6.45, 7) is 0.299. The van der Waals surface area contributed by atoms with Crippen LogP contribution in [0.1, 0.15) is 31.2 Å². The molecule has 31 heavy (non-hydrogen) atoms. The second kappa shape index (κ2) is 7.82. The minimum atomic E-state index is -3.92. The van der Waals surface area contributed by atoms with Crippen LogP contribution in [0.4, 0.5) is 4.39 Å². The second-order valence-electron chi connectivity index (χ2n) is 7.41. The summed E-state index contributed by atoms with van der Waals surface area (Å²) in [7, 11) is -3.92. The molecule has 1 fully saturated rings. The summed E-state index contributed by atoms with van der Waals surface area (Å²) in [5, 5.41) is 10.2. The van der Waals surface area contributed by atoms with Crippen molar-refractivity contribution in [3.63, 3.8) is 0 Å².